The molecule has 0 aliphatic carbocycles. The van der Waals surface area contributed by atoms with Crippen LogP contribution in [0.15, 0.2) is 30.5 Å². The molecule has 0 N–H and O–H groups in total. The Labute approximate surface area is 142 Å². The summed E-state index contributed by atoms with van der Waals surface area (Å²) in [6.07, 6.45) is 6.53. The van der Waals surface area contributed by atoms with Crippen LogP contribution in [0.25, 0.3) is 11.0 Å². The molecule has 2 aromatic rings. The molecule has 2 aliphatic heterocycles. The lowest BCUT2D eigenvalue weighted by Gasteiger charge is -2.32. The van der Waals surface area contributed by atoms with Crippen molar-refractivity contribution in [2.24, 2.45) is 0 Å². The molecular weight excluding hydrogens is 302 g/mol. The number of fused-ring (bicyclic) bond motifs is 1. The van der Waals surface area contributed by atoms with E-state index in [1.54, 1.807) is 6.20 Å². The summed E-state index contributed by atoms with van der Waals surface area (Å²) in [5.41, 5.74) is 1.92. The number of aromatic nitrogens is 2. The van der Waals surface area contributed by atoms with Gasteiger partial charge in [0.25, 0.3) is 0 Å². The minimum atomic E-state index is 0.142. The zero-order valence-corrected chi connectivity index (χ0v) is 13.9. The van der Waals surface area contributed by atoms with Crippen molar-refractivity contribution in [1.82, 2.24) is 14.9 Å². The van der Waals surface area contributed by atoms with Crippen LogP contribution in [-0.4, -0.2) is 46.6 Å². The summed E-state index contributed by atoms with van der Waals surface area (Å²) in [5.74, 6) is 0.664. The van der Waals surface area contributed by atoms with Crippen LogP contribution in [0, 0.1) is 0 Å². The lowest BCUT2D eigenvalue weighted by molar-refractivity contribution is -0.134. The number of piperidine rings is 1. The van der Waals surface area contributed by atoms with Gasteiger partial charge in [0.05, 0.1) is 12.5 Å². The first-order chi connectivity index (χ1) is 11.8. The first-order valence-corrected chi connectivity index (χ1v) is 8.90. The molecule has 1 atom stereocenters. The van der Waals surface area contributed by atoms with Crippen molar-refractivity contribution in [2.75, 3.05) is 19.7 Å². The van der Waals surface area contributed by atoms with Crippen molar-refractivity contribution in [2.45, 2.75) is 44.1 Å². The number of pyridine rings is 2. The van der Waals surface area contributed by atoms with Crippen LogP contribution in [0.2, 0.25) is 0 Å². The van der Waals surface area contributed by atoms with E-state index in [9.17, 15) is 4.79 Å². The lowest BCUT2D eigenvalue weighted by Crippen LogP contribution is -2.39. The summed E-state index contributed by atoms with van der Waals surface area (Å²) in [6, 6.07) is 8.17. The fourth-order valence-corrected chi connectivity index (χ4v) is 3.75. The van der Waals surface area contributed by atoms with Crippen LogP contribution in [0.3, 0.4) is 0 Å². The lowest BCUT2D eigenvalue weighted by atomic mass is 9.92. The number of carbonyl (C=O) groups excluding carboxylic acids is 1. The van der Waals surface area contributed by atoms with Crippen molar-refractivity contribution >= 4 is 16.9 Å². The van der Waals surface area contributed by atoms with Crippen molar-refractivity contribution < 1.29 is 9.53 Å². The van der Waals surface area contributed by atoms with Crippen molar-refractivity contribution in [1.29, 1.82) is 0 Å². The van der Waals surface area contributed by atoms with Gasteiger partial charge in [-0.15, -0.1) is 0 Å². The average molecular weight is 325 g/mol. The molecule has 126 valence electrons. The molecule has 5 heteroatoms. The van der Waals surface area contributed by atoms with Crippen molar-refractivity contribution in [3.63, 3.8) is 0 Å². The van der Waals surface area contributed by atoms with Gasteiger partial charge in [-0.05, 0) is 49.9 Å². The topological polar surface area (TPSA) is 55.3 Å². The van der Waals surface area contributed by atoms with E-state index >= 15 is 0 Å². The fourth-order valence-electron chi connectivity index (χ4n) is 3.75. The molecule has 24 heavy (non-hydrogen) atoms. The highest BCUT2D eigenvalue weighted by Gasteiger charge is 2.27. The van der Waals surface area contributed by atoms with E-state index < -0.39 is 0 Å². The maximum atomic E-state index is 12.4. The second-order valence-corrected chi connectivity index (χ2v) is 6.78. The zero-order chi connectivity index (χ0) is 16.4. The van der Waals surface area contributed by atoms with Gasteiger partial charge in [-0.25, -0.2) is 9.97 Å². The van der Waals surface area contributed by atoms with E-state index in [1.165, 1.54) is 0 Å². The van der Waals surface area contributed by atoms with Crippen LogP contribution >= 0.6 is 0 Å². The van der Waals surface area contributed by atoms with Gasteiger partial charge >= 0.3 is 0 Å². The number of amides is 1. The third-order valence-electron chi connectivity index (χ3n) is 5.18. The predicted molar refractivity (Wildman–Crippen MR) is 91.7 cm³/mol. The van der Waals surface area contributed by atoms with Gasteiger partial charge in [0, 0.05) is 42.9 Å². The smallest absolute Gasteiger partial charge is 0.225 e. The predicted octanol–water partition coefficient (Wildman–Crippen LogP) is 2.90. The largest absolute Gasteiger partial charge is 0.378 e. The molecule has 0 saturated carbocycles. The van der Waals surface area contributed by atoms with Gasteiger partial charge in [-0.3, -0.25) is 4.79 Å². The van der Waals surface area contributed by atoms with E-state index in [0.717, 1.165) is 62.1 Å². The third kappa shape index (κ3) is 3.26. The number of carbonyl (C=O) groups is 1. The molecule has 2 saturated heterocycles. The van der Waals surface area contributed by atoms with Crippen LogP contribution in [-0.2, 0) is 9.53 Å². The zero-order valence-electron chi connectivity index (χ0n) is 13.9. The molecular formula is C19H23N3O2. The molecule has 1 amide bonds. The number of likely N-dealkylation sites (tertiary alicyclic amines) is 1. The minimum absolute atomic E-state index is 0.142. The van der Waals surface area contributed by atoms with Gasteiger partial charge < -0.3 is 9.64 Å². The first kappa shape index (κ1) is 15.5. The summed E-state index contributed by atoms with van der Waals surface area (Å²) in [7, 11) is 0. The van der Waals surface area contributed by atoms with Crippen molar-refractivity contribution in [3.05, 3.63) is 36.2 Å². The van der Waals surface area contributed by atoms with Gasteiger partial charge in [-0.1, -0.05) is 0 Å². The van der Waals surface area contributed by atoms with Gasteiger partial charge in [-0.2, -0.15) is 0 Å². The van der Waals surface area contributed by atoms with Crippen LogP contribution in [0.5, 0.6) is 0 Å². The maximum absolute atomic E-state index is 12.4. The van der Waals surface area contributed by atoms with Crippen LogP contribution < -0.4 is 0 Å². The summed E-state index contributed by atoms with van der Waals surface area (Å²) in [5, 5.41) is 1.07. The molecule has 2 fully saturated rings. The van der Waals surface area contributed by atoms with Crippen LogP contribution in [0.4, 0.5) is 0 Å². The monoisotopic (exact) mass is 325 g/mol. The highest BCUT2D eigenvalue weighted by atomic mass is 16.5. The Kier molecular flexibility index (Phi) is 4.43. The molecule has 1 unspecified atom stereocenters. The number of hydrogen-bond donors (Lipinski definition) is 0. The fraction of sp³-hybridized carbons (Fsp3) is 0.526. The maximum Gasteiger partial charge on any atom is 0.225 e. The van der Waals surface area contributed by atoms with E-state index in [2.05, 4.69) is 17.1 Å². The molecule has 5 nitrogen and oxygen atoms in total. The molecule has 4 rings (SSSR count). The SMILES string of the molecule is O=C(CC1CCCO1)N1CCC(c2ccc3cccnc3n2)CC1. The van der Waals surface area contributed by atoms with Gasteiger partial charge in [0.1, 0.15) is 0 Å². The van der Waals surface area contributed by atoms with Gasteiger partial charge in [0.15, 0.2) is 5.65 Å². The second kappa shape index (κ2) is 6.85. The number of ether oxygens (including phenoxy) is 1. The first-order valence-electron chi connectivity index (χ1n) is 8.90. The Hall–Kier alpha value is -2.01. The highest BCUT2D eigenvalue weighted by Crippen LogP contribution is 2.28. The molecule has 4 heterocycles. The number of hydrogen-bond acceptors (Lipinski definition) is 4. The Morgan fingerprint density at radius 1 is 1.21 bits per heavy atom. The molecule has 0 aromatic carbocycles. The van der Waals surface area contributed by atoms with Gasteiger partial charge in [0.2, 0.25) is 5.91 Å². The second-order valence-electron chi connectivity index (χ2n) is 6.78. The third-order valence-corrected chi connectivity index (χ3v) is 5.18. The Morgan fingerprint density at radius 3 is 2.88 bits per heavy atom. The van der Waals surface area contributed by atoms with E-state index in [4.69, 9.17) is 9.72 Å². The average Bonchev–Trinajstić information content (AvgIpc) is 3.14. The van der Waals surface area contributed by atoms with E-state index in [-0.39, 0.29) is 12.0 Å². The quantitative estimate of drug-likeness (QED) is 0.871. The van der Waals surface area contributed by atoms with E-state index in [1.807, 2.05) is 17.0 Å². The standard InChI is InChI=1S/C19H23N3O2/c23-18(13-16-4-2-12-24-16)22-10-7-14(8-11-22)17-6-5-15-3-1-9-20-19(15)21-17/h1,3,5-6,9,14,16H,2,4,7-8,10-13H2. The molecule has 0 radical (unpaired) electrons. The summed E-state index contributed by atoms with van der Waals surface area (Å²) >= 11 is 0. The molecule has 2 aromatic heterocycles. The summed E-state index contributed by atoms with van der Waals surface area (Å²) < 4.78 is 5.58. The number of rotatable bonds is 3. The Balaban J connectivity index is 1.37. The normalized spacial score (nSPS) is 22.2. The van der Waals surface area contributed by atoms with Crippen molar-refractivity contribution in [3.8, 4) is 0 Å². The Bertz CT molecular complexity index is 719. The molecule has 2 aliphatic rings. The summed E-state index contributed by atoms with van der Waals surface area (Å²) in [6.45, 7) is 2.44. The molecule has 0 spiro atoms. The summed E-state index contributed by atoms with van der Waals surface area (Å²) in [4.78, 5) is 23.5. The van der Waals surface area contributed by atoms with E-state index in [0.29, 0.717) is 12.3 Å². The highest BCUT2D eigenvalue weighted by molar-refractivity contribution is 5.77. The Morgan fingerprint density at radius 2 is 2.08 bits per heavy atom. The number of nitrogens with zero attached hydrogens (tertiary/aromatic N) is 3. The van der Waals surface area contributed by atoms with Crippen LogP contribution in [0.1, 0.15) is 43.7 Å². The molecule has 0 bridgehead atoms. The minimum Gasteiger partial charge on any atom is -0.378 e.